The van der Waals surface area contributed by atoms with Gasteiger partial charge in [0.2, 0.25) is 11.9 Å². The fourth-order valence-corrected chi connectivity index (χ4v) is 4.14. The molecule has 2 fully saturated rings. The van der Waals surface area contributed by atoms with Crippen molar-refractivity contribution in [3.63, 3.8) is 0 Å². The summed E-state index contributed by atoms with van der Waals surface area (Å²) < 4.78 is 0. The molecule has 2 heterocycles. The first-order chi connectivity index (χ1) is 12.7. The van der Waals surface area contributed by atoms with Crippen molar-refractivity contribution in [2.24, 2.45) is 11.1 Å². The lowest BCUT2D eigenvalue weighted by atomic mass is 9.71. The topological polar surface area (TPSA) is 87.4 Å². The molecule has 29 heavy (non-hydrogen) atoms. The predicted octanol–water partition coefficient (Wildman–Crippen LogP) is 2.28. The predicted molar refractivity (Wildman–Crippen MR) is 125 cm³/mol. The molecule has 1 aliphatic carbocycles. The summed E-state index contributed by atoms with van der Waals surface area (Å²) in [7, 11) is 0. The fraction of sp³-hybridized carbons (Fsp3) is 0.737. The highest BCUT2D eigenvalue weighted by Gasteiger charge is 2.32. The highest BCUT2D eigenvalue weighted by molar-refractivity contribution is 5.86. The van der Waals surface area contributed by atoms with Crippen LogP contribution in [0.4, 0.5) is 5.95 Å². The second-order valence-electron chi connectivity index (χ2n) is 7.67. The van der Waals surface area contributed by atoms with Gasteiger partial charge in [-0.15, -0.1) is 37.2 Å². The molecule has 1 saturated carbocycles. The van der Waals surface area contributed by atoms with E-state index in [9.17, 15) is 4.79 Å². The summed E-state index contributed by atoms with van der Waals surface area (Å²) in [5.41, 5.74) is 6.04. The maximum atomic E-state index is 12.3. The number of amides is 1. The molecule has 1 aromatic rings. The zero-order valence-electron chi connectivity index (χ0n) is 16.9. The van der Waals surface area contributed by atoms with E-state index >= 15 is 0 Å². The number of hydrogen-bond donors (Lipinski definition) is 2. The number of piperazine rings is 1. The molecule has 0 aromatic carbocycles. The Bertz CT molecular complexity index is 566. The third-order valence-electron chi connectivity index (χ3n) is 5.84. The van der Waals surface area contributed by atoms with Crippen LogP contribution in [0.3, 0.4) is 0 Å². The first-order valence-corrected chi connectivity index (χ1v) is 9.92. The van der Waals surface area contributed by atoms with Crippen LogP contribution in [-0.4, -0.2) is 66.6 Å². The Hall–Kier alpha value is -0.860. The van der Waals surface area contributed by atoms with Crippen LogP contribution < -0.4 is 16.0 Å². The Morgan fingerprint density at radius 3 is 2.24 bits per heavy atom. The molecule has 3 rings (SSSR count). The number of nitrogens with zero attached hydrogens (tertiary/aromatic N) is 4. The van der Waals surface area contributed by atoms with Gasteiger partial charge in [-0.2, -0.15) is 0 Å². The van der Waals surface area contributed by atoms with Gasteiger partial charge in [-0.25, -0.2) is 9.97 Å². The average molecular weight is 470 g/mol. The maximum absolute atomic E-state index is 12.3. The lowest BCUT2D eigenvalue weighted by molar-refractivity contribution is -0.123. The first kappa shape index (κ1) is 28.1. The molecule has 1 amide bonds. The van der Waals surface area contributed by atoms with Gasteiger partial charge in [-0.05, 0) is 30.9 Å². The molecule has 3 N–H and O–H groups in total. The van der Waals surface area contributed by atoms with Crippen LogP contribution in [0, 0.1) is 5.41 Å². The van der Waals surface area contributed by atoms with Crippen LogP contribution in [0.1, 0.15) is 38.5 Å². The number of nitrogens with one attached hydrogen (secondary N) is 1. The molecule has 0 radical (unpaired) electrons. The summed E-state index contributed by atoms with van der Waals surface area (Å²) in [4.78, 5) is 25.6. The van der Waals surface area contributed by atoms with Crippen molar-refractivity contribution in [3.8, 4) is 0 Å². The first-order valence-electron chi connectivity index (χ1n) is 9.92. The van der Waals surface area contributed by atoms with E-state index in [1.807, 2.05) is 6.07 Å². The van der Waals surface area contributed by atoms with E-state index in [0.717, 1.165) is 51.5 Å². The summed E-state index contributed by atoms with van der Waals surface area (Å²) >= 11 is 0. The third kappa shape index (κ3) is 8.42. The van der Waals surface area contributed by atoms with Gasteiger partial charge in [-0.3, -0.25) is 9.69 Å². The van der Waals surface area contributed by atoms with Crippen LogP contribution in [0.25, 0.3) is 0 Å². The molecular weight excluding hydrogens is 435 g/mol. The van der Waals surface area contributed by atoms with E-state index in [0.29, 0.717) is 19.5 Å². The van der Waals surface area contributed by atoms with Crippen LogP contribution in [0.5, 0.6) is 0 Å². The second kappa shape index (κ2) is 14.2. The number of nitrogens with two attached hydrogens (primary N) is 1. The lowest BCUT2D eigenvalue weighted by Crippen LogP contribution is -2.49. The van der Waals surface area contributed by atoms with E-state index in [-0.39, 0.29) is 48.5 Å². The van der Waals surface area contributed by atoms with Crippen molar-refractivity contribution in [2.45, 2.75) is 38.5 Å². The van der Waals surface area contributed by atoms with Crippen molar-refractivity contribution in [1.82, 2.24) is 20.2 Å². The van der Waals surface area contributed by atoms with Crippen molar-refractivity contribution in [2.75, 3.05) is 50.7 Å². The number of aromatic nitrogens is 2. The van der Waals surface area contributed by atoms with Crippen LogP contribution in [-0.2, 0) is 4.79 Å². The van der Waals surface area contributed by atoms with E-state index in [2.05, 4.69) is 25.1 Å². The zero-order chi connectivity index (χ0) is 18.2. The van der Waals surface area contributed by atoms with Gasteiger partial charge in [0.25, 0.3) is 0 Å². The van der Waals surface area contributed by atoms with Gasteiger partial charge in [0, 0.05) is 58.1 Å². The lowest BCUT2D eigenvalue weighted by Gasteiger charge is -2.36. The van der Waals surface area contributed by atoms with E-state index < -0.39 is 0 Å². The Labute approximate surface area is 192 Å². The van der Waals surface area contributed by atoms with Crippen molar-refractivity contribution < 1.29 is 4.79 Å². The molecule has 0 atom stereocenters. The molecule has 0 spiro atoms. The monoisotopic (exact) mass is 468 g/mol. The summed E-state index contributed by atoms with van der Waals surface area (Å²) in [6, 6.07) is 1.84. The molecular formula is C19H35Cl3N6O. The Morgan fingerprint density at radius 1 is 1.03 bits per heavy atom. The number of halogens is 3. The summed E-state index contributed by atoms with van der Waals surface area (Å²) in [6.45, 7) is 6.03. The number of hydrogen-bond acceptors (Lipinski definition) is 6. The molecule has 0 unspecified atom stereocenters. The minimum Gasteiger partial charge on any atom is -0.355 e. The van der Waals surface area contributed by atoms with Gasteiger partial charge in [-0.1, -0.05) is 19.3 Å². The third-order valence-corrected chi connectivity index (χ3v) is 5.84. The van der Waals surface area contributed by atoms with Gasteiger partial charge in [0.05, 0.1) is 0 Å². The smallest absolute Gasteiger partial charge is 0.225 e. The van der Waals surface area contributed by atoms with Crippen molar-refractivity contribution in [3.05, 3.63) is 18.5 Å². The minimum atomic E-state index is 0. The quantitative estimate of drug-likeness (QED) is 0.637. The SMILES string of the molecule is Cl.Cl.Cl.NCC1(CC(=O)NCCN2CCN(c3ncccn3)CC2)CCCCC1. The zero-order valence-corrected chi connectivity index (χ0v) is 19.4. The van der Waals surface area contributed by atoms with Gasteiger partial charge in [0.15, 0.2) is 0 Å². The molecule has 1 saturated heterocycles. The summed E-state index contributed by atoms with van der Waals surface area (Å²) in [6.07, 6.45) is 10.0. The normalized spacial score (nSPS) is 18.6. The van der Waals surface area contributed by atoms with E-state index in [1.54, 1.807) is 12.4 Å². The van der Waals surface area contributed by atoms with Crippen LogP contribution in [0.2, 0.25) is 0 Å². The molecule has 1 aliphatic heterocycles. The average Bonchev–Trinajstić information content (AvgIpc) is 2.70. The molecule has 7 nitrogen and oxygen atoms in total. The minimum absolute atomic E-state index is 0. The number of carbonyl (C=O) groups is 1. The van der Waals surface area contributed by atoms with Gasteiger partial charge >= 0.3 is 0 Å². The Balaban J connectivity index is 0.00000261. The summed E-state index contributed by atoms with van der Waals surface area (Å²) in [5, 5.41) is 3.10. The Morgan fingerprint density at radius 2 is 1.66 bits per heavy atom. The van der Waals surface area contributed by atoms with Crippen LogP contribution >= 0.6 is 37.2 Å². The molecule has 0 bridgehead atoms. The number of carbonyl (C=O) groups excluding carboxylic acids is 1. The number of rotatable bonds is 7. The van der Waals surface area contributed by atoms with E-state index in [4.69, 9.17) is 5.73 Å². The number of anilines is 1. The Kier molecular flexibility index (Phi) is 13.8. The maximum Gasteiger partial charge on any atom is 0.225 e. The second-order valence-corrected chi connectivity index (χ2v) is 7.67. The molecule has 2 aliphatic rings. The highest BCUT2D eigenvalue weighted by atomic mass is 35.5. The largest absolute Gasteiger partial charge is 0.355 e. The molecule has 10 heteroatoms. The van der Waals surface area contributed by atoms with Crippen molar-refractivity contribution >= 4 is 49.1 Å². The van der Waals surface area contributed by atoms with Crippen molar-refractivity contribution in [1.29, 1.82) is 0 Å². The van der Waals surface area contributed by atoms with Crippen LogP contribution in [0.15, 0.2) is 18.5 Å². The molecule has 1 aromatic heterocycles. The molecule has 168 valence electrons. The van der Waals surface area contributed by atoms with Gasteiger partial charge < -0.3 is 16.0 Å². The standard InChI is InChI=1S/C19H32N6O.3ClH/c20-16-19(5-2-1-3-6-19)15-17(26)21-9-10-24-11-13-25(14-12-24)18-22-7-4-8-23-18;;;/h4,7-8H,1-3,5-6,9-16,20H2,(H,21,26);3*1H. The van der Waals surface area contributed by atoms with E-state index in [1.165, 1.54) is 19.3 Å². The van der Waals surface area contributed by atoms with Gasteiger partial charge in [0.1, 0.15) is 0 Å². The highest BCUT2D eigenvalue weighted by Crippen LogP contribution is 2.38. The summed E-state index contributed by atoms with van der Waals surface area (Å²) in [5.74, 6) is 0.966. The fourth-order valence-electron chi connectivity index (χ4n) is 4.14.